The van der Waals surface area contributed by atoms with Crippen LogP contribution in [0.2, 0.25) is 5.02 Å². The molecule has 0 unspecified atom stereocenters. The van der Waals surface area contributed by atoms with E-state index >= 15 is 0 Å². The zero-order valence-corrected chi connectivity index (χ0v) is 24.8. The Hall–Kier alpha value is -3.75. The Bertz CT molecular complexity index is 1390. The zero-order chi connectivity index (χ0) is 29.3. The van der Waals surface area contributed by atoms with Gasteiger partial charge in [0.25, 0.3) is 5.91 Å². The van der Waals surface area contributed by atoms with E-state index in [0.29, 0.717) is 46.7 Å². The minimum absolute atomic E-state index is 0.106. The third kappa shape index (κ3) is 7.75. The Kier molecular flexibility index (Phi) is 10.2. The van der Waals surface area contributed by atoms with E-state index in [0.717, 1.165) is 50.2 Å². The lowest BCUT2D eigenvalue weighted by Gasteiger charge is -2.27. The number of benzene rings is 3. The molecule has 1 saturated heterocycles. The molecule has 1 N–H and O–H groups in total. The van der Waals surface area contributed by atoms with Gasteiger partial charge in [-0.05, 0) is 93.7 Å². The molecule has 2 heterocycles. The Morgan fingerprint density at radius 1 is 0.905 bits per heavy atom. The van der Waals surface area contributed by atoms with Crippen molar-refractivity contribution < 1.29 is 23.8 Å². The van der Waals surface area contributed by atoms with Crippen molar-refractivity contribution in [3.05, 3.63) is 76.8 Å². The lowest BCUT2D eigenvalue weighted by atomic mass is 10.1. The van der Waals surface area contributed by atoms with Crippen LogP contribution in [0.15, 0.2) is 60.7 Å². The van der Waals surface area contributed by atoms with Gasteiger partial charge in [-0.2, -0.15) is 0 Å². The van der Waals surface area contributed by atoms with Crippen molar-refractivity contribution in [2.45, 2.75) is 45.1 Å². The predicted octanol–water partition coefficient (Wildman–Crippen LogP) is 6.77. The molecule has 5 rings (SSSR count). The predicted molar refractivity (Wildman–Crippen MR) is 164 cm³/mol. The number of piperidine rings is 1. The molecule has 3 aromatic rings. The molecular weight excluding hydrogens is 554 g/mol. The summed E-state index contributed by atoms with van der Waals surface area (Å²) in [6.45, 7) is 3.65. The number of para-hydroxylation sites is 2. The lowest BCUT2D eigenvalue weighted by Crippen LogP contribution is -2.39. The number of amides is 2. The highest BCUT2D eigenvalue weighted by atomic mass is 35.5. The number of nitrogens with zero attached hydrogens (tertiary/aromatic N) is 2. The molecule has 222 valence electrons. The van der Waals surface area contributed by atoms with Crippen molar-refractivity contribution in [1.82, 2.24) is 9.80 Å². The van der Waals surface area contributed by atoms with E-state index in [2.05, 4.69) is 10.2 Å². The van der Waals surface area contributed by atoms with E-state index in [1.165, 1.54) is 19.3 Å². The highest BCUT2D eigenvalue weighted by Crippen LogP contribution is 2.37. The fourth-order valence-electron chi connectivity index (χ4n) is 5.42. The number of hydrogen-bond donors (Lipinski definition) is 1. The summed E-state index contributed by atoms with van der Waals surface area (Å²) in [5, 5.41) is 3.36. The molecule has 2 amide bonds. The SMILES string of the molecule is COc1ccc(C(=O)N2CCCCCOc3ccccc3Oc3ccc(Cl)cc3NC(=O)C2)cc1CN1CCCCC1. The average Bonchev–Trinajstić information content (AvgIpc) is 3.00. The lowest BCUT2D eigenvalue weighted by molar-refractivity contribution is -0.116. The molecule has 0 saturated carbocycles. The first kappa shape index (κ1) is 29.7. The maximum Gasteiger partial charge on any atom is 0.254 e. The van der Waals surface area contributed by atoms with Gasteiger partial charge < -0.3 is 24.4 Å². The first-order valence-electron chi connectivity index (χ1n) is 14.7. The molecule has 0 aliphatic carbocycles. The van der Waals surface area contributed by atoms with Crippen molar-refractivity contribution in [1.29, 1.82) is 0 Å². The molecule has 1 fully saturated rings. The molecule has 0 atom stereocenters. The molecule has 2 aliphatic rings. The van der Waals surface area contributed by atoms with Gasteiger partial charge in [0.1, 0.15) is 12.3 Å². The summed E-state index contributed by atoms with van der Waals surface area (Å²) in [5.41, 5.74) is 1.93. The largest absolute Gasteiger partial charge is 0.496 e. The number of rotatable bonds is 4. The summed E-state index contributed by atoms with van der Waals surface area (Å²) in [6.07, 6.45) is 6.00. The highest BCUT2D eigenvalue weighted by molar-refractivity contribution is 6.31. The number of ether oxygens (including phenoxy) is 3. The van der Waals surface area contributed by atoms with Crippen molar-refractivity contribution >= 4 is 29.1 Å². The second-order valence-electron chi connectivity index (χ2n) is 10.7. The van der Waals surface area contributed by atoms with E-state index in [-0.39, 0.29) is 18.4 Å². The number of carbonyl (C=O) groups excluding carboxylic acids is 2. The minimum atomic E-state index is -0.336. The molecule has 0 bridgehead atoms. The van der Waals surface area contributed by atoms with Crippen LogP contribution < -0.4 is 19.5 Å². The topological polar surface area (TPSA) is 80.3 Å². The number of hydrogen-bond acceptors (Lipinski definition) is 6. The van der Waals surface area contributed by atoms with Gasteiger partial charge in [0.05, 0.1) is 19.4 Å². The first-order valence-corrected chi connectivity index (χ1v) is 15.1. The number of halogens is 1. The molecule has 8 nitrogen and oxygen atoms in total. The van der Waals surface area contributed by atoms with Gasteiger partial charge in [0.15, 0.2) is 17.2 Å². The number of anilines is 1. The van der Waals surface area contributed by atoms with Gasteiger partial charge in [0, 0.05) is 29.2 Å². The van der Waals surface area contributed by atoms with Crippen LogP contribution in [0.5, 0.6) is 23.0 Å². The van der Waals surface area contributed by atoms with Crippen molar-refractivity contribution in [2.24, 2.45) is 0 Å². The van der Waals surface area contributed by atoms with Crippen LogP contribution in [0, 0.1) is 0 Å². The molecule has 9 heteroatoms. The van der Waals surface area contributed by atoms with Gasteiger partial charge in [-0.25, -0.2) is 0 Å². The smallest absolute Gasteiger partial charge is 0.254 e. The van der Waals surface area contributed by atoms with E-state index in [1.54, 1.807) is 36.3 Å². The fourth-order valence-corrected chi connectivity index (χ4v) is 5.59. The monoisotopic (exact) mass is 591 g/mol. The zero-order valence-electron chi connectivity index (χ0n) is 24.1. The molecule has 0 aromatic heterocycles. The maximum atomic E-state index is 13.9. The Morgan fingerprint density at radius 2 is 1.67 bits per heavy atom. The van der Waals surface area contributed by atoms with Crippen molar-refractivity contribution in [3.63, 3.8) is 0 Å². The summed E-state index contributed by atoms with van der Waals surface area (Å²) in [4.78, 5) is 31.2. The molecule has 42 heavy (non-hydrogen) atoms. The summed E-state index contributed by atoms with van der Waals surface area (Å²) in [5.74, 6) is 1.83. The molecule has 0 radical (unpaired) electrons. The van der Waals surface area contributed by atoms with Gasteiger partial charge in [-0.3, -0.25) is 14.5 Å². The second-order valence-corrected chi connectivity index (χ2v) is 11.2. The Labute approximate surface area is 252 Å². The number of fused-ring (bicyclic) bond motifs is 2. The summed E-state index contributed by atoms with van der Waals surface area (Å²) in [7, 11) is 1.65. The van der Waals surface area contributed by atoms with Crippen LogP contribution in [0.3, 0.4) is 0 Å². The van der Waals surface area contributed by atoms with Gasteiger partial charge in [0.2, 0.25) is 5.91 Å². The van der Waals surface area contributed by atoms with Crippen molar-refractivity contribution in [2.75, 3.05) is 45.2 Å². The van der Waals surface area contributed by atoms with Gasteiger partial charge >= 0.3 is 0 Å². The standard InChI is InChI=1S/C33H38ClN3O5/c1-40-28-14-12-24(20-25(28)22-36-16-6-2-7-17-36)33(39)37-18-8-3-9-19-41-30-10-4-5-11-31(30)42-29-15-13-26(34)21-27(29)35-32(38)23-37/h4-5,10-15,20-21H,2-3,6-9,16-19,22-23H2,1H3,(H,35,38). The minimum Gasteiger partial charge on any atom is -0.496 e. The summed E-state index contributed by atoms with van der Waals surface area (Å²) >= 11 is 6.28. The van der Waals surface area contributed by atoms with Crippen LogP contribution in [0.25, 0.3) is 0 Å². The maximum absolute atomic E-state index is 13.9. The van der Waals surface area contributed by atoms with E-state index in [1.807, 2.05) is 36.4 Å². The van der Waals surface area contributed by atoms with E-state index < -0.39 is 0 Å². The number of likely N-dealkylation sites (tertiary alicyclic amines) is 1. The van der Waals surface area contributed by atoms with Crippen LogP contribution in [-0.2, 0) is 11.3 Å². The normalized spacial score (nSPS) is 16.9. The first-order chi connectivity index (χ1) is 20.5. The molecule has 3 aromatic carbocycles. The third-order valence-electron chi connectivity index (χ3n) is 7.61. The highest BCUT2D eigenvalue weighted by Gasteiger charge is 2.22. The van der Waals surface area contributed by atoms with Crippen LogP contribution >= 0.6 is 11.6 Å². The van der Waals surface area contributed by atoms with Crippen LogP contribution in [-0.4, -0.2) is 61.5 Å². The molecule has 0 spiro atoms. The number of nitrogens with one attached hydrogen (secondary N) is 1. The summed E-state index contributed by atoms with van der Waals surface area (Å²) in [6, 6.07) is 18.0. The van der Waals surface area contributed by atoms with Crippen molar-refractivity contribution in [3.8, 4) is 23.0 Å². The third-order valence-corrected chi connectivity index (χ3v) is 7.84. The van der Waals surface area contributed by atoms with Crippen LogP contribution in [0.4, 0.5) is 5.69 Å². The van der Waals surface area contributed by atoms with Gasteiger partial charge in [-0.15, -0.1) is 0 Å². The second kappa shape index (κ2) is 14.4. The number of carbonyl (C=O) groups is 2. The Balaban J connectivity index is 1.38. The average molecular weight is 592 g/mol. The summed E-state index contributed by atoms with van der Waals surface area (Å²) < 4.78 is 17.8. The van der Waals surface area contributed by atoms with Gasteiger partial charge in [-0.1, -0.05) is 30.2 Å². The fraction of sp³-hybridized carbons (Fsp3) is 0.394. The quantitative estimate of drug-likeness (QED) is 0.361. The Morgan fingerprint density at radius 3 is 2.48 bits per heavy atom. The van der Waals surface area contributed by atoms with E-state index in [4.69, 9.17) is 25.8 Å². The van der Waals surface area contributed by atoms with Crippen LogP contribution in [0.1, 0.15) is 54.4 Å². The molecule has 2 aliphatic heterocycles. The van der Waals surface area contributed by atoms with E-state index in [9.17, 15) is 9.59 Å². The number of methoxy groups -OCH3 is 1. The molecular formula is C33H38ClN3O5.